The molecule has 5 nitrogen and oxygen atoms in total. The summed E-state index contributed by atoms with van der Waals surface area (Å²) in [7, 11) is 4.13. The van der Waals surface area contributed by atoms with E-state index in [1.54, 1.807) is 6.20 Å². The first kappa shape index (κ1) is 19.9. The van der Waals surface area contributed by atoms with Crippen LogP contribution in [0, 0.1) is 0 Å². The Kier molecular flexibility index (Phi) is 7.60. The number of benzene rings is 1. The summed E-state index contributed by atoms with van der Waals surface area (Å²) in [4.78, 5) is 21.3. The van der Waals surface area contributed by atoms with Crippen molar-refractivity contribution in [2.24, 2.45) is 0 Å². The lowest BCUT2D eigenvalue weighted by molar-refractivity contribution is 0.0690. The van der Waals surface area contributed by atoms with E-state index in [1.807, 2.05) is 61.2 Å². The molecule has 0 fully saturated rings. The monoisotopic (exact) mass is 354 g/mol. The Balaban J connectivity index is 1.98. The smallest absolute Gasteiger partial charge is 0.255 e. The summed E-state index contributed by atoms with van der Waals surface area (Å²) in [6, 6.07) is 13.9. The summed E-state index contributed by atoms with van der Waals surface area (Å²) in [5.74, 6) is 0.815. The molecule has 0 saturated heterocycles. The maximum Gasteiger partial charge on any atom is 0.255 e. The lowest BCUT2D eigenvalue weighted by Gasteiger charge is -2.27. The number of anilines is 1. The second-order valence-electron chi connectivity index (χ2n) is 7.03. The van der Waals surface area contributed by atoms with Crippen molar-refractivity contribution in [3.63, 3.8) is 0 Å². The quantitative estimate of drug-likeness (QED) is 0.700. The number of pyridine rings is 1. The topological polar surface area (TPSA) is 48.5 Å². The van der Waals surface area contributed by atoms with Crippen LogP contribution in [0.1, 0.15) is 36.2 Å². The zero-order chi connectivity index (χ0) is 18.9. The number of carbonyl (C=O) groups is 1. The SMILES string of the molecule is CC(C)N(Cc1ccccc1)C(=O)c1ccc(NCCCN(C)C)nc1. The van der Waals surface area contributed by atoms with Crippen molar-refractivity contribution in [2.75, 3.05) is 32.5 Å². The van der Waals surface area contributed by atoms with Crippen LogP contribution in [0.15, 0.2) is 48.7 Å². The maximum absolute atomic E-state index is 12.9. The van der Waals surface area contributed by atoms with Gasteiger partial charge >= 0.3 is 0 Å². The van der Waals surface area contributed by atoms with Crippen LogP contribution in [0.25, 0.3) is 0 Å². The average molecular weight is 354 g/mol. The lowest BCUT2D eigenvalue weighted by atomic mass is 10.1. The van der Waals surface area contributed by atoms with E-state index < -0.39 is 0 Å². The molecular weight excluding hydrogens is 324 g/mol. The Labute approximate surface area is 157 Å². The Hall–Kier alpha value is -2.40. The van der Waals surface area contributed by atoms with E-state index in [1.165, 1.54) is 0 Å². The molecule has 0 unspecified atom stereocenters. The molecule has 2 aromatic rings. The van der Waals surface area contributed by atoms with Gasteiger partial charge in [-0.3, -0.25) is 4.79 Å². The fourth-order valence-electron chi connectivity index (χ4n) is 2.67. The number of rotatable bonds is 9. The van der Waals surface area contributed by atoms with Gasteiger partial charge in [0, 0.05) is 25.3 Å². The highest BCUT2D eigenvalue weighted by molar-refractivity contribution is 5.94. The molecule has 26 heavy (non-hydrogen) atoms. The predicted octanol–water partition coefficient (Wildman–Crippen LogP) is 3.50. The molecule has 1 aromatic carbocycles. The Bertz CT molecular complexity index is 668. The number of nitrogens with zero attached hydrogens (tertiary/aromatic N) is 3. The molecule has 5 heteroatoms. The van der Waals surface area contributed by atoms with Crippen molar-refractivity contribution in [2.45, 2.75) is 32.9 Å². The summed E-state index contributed by atoms with van der Waals surface area (Å²) in [6.45, 7) is 6.57. The zero-order valence-corrected chi connectivity index (χ0v) is 16.3. The van der Waals surface area contributed by atoms with E-state index in [-0.39, 0.29) is 11.9 Å². The molecule has 0 radical (unpaired) electrons. The molecule has 0 aliphatic carbocycles. The predicted molar refractivity (Wildman–Crippen MR) is 107 cm³/mol. The zero-order valence-electron chi connectivity index (χ0n) is 16.3. The van der Waals surface area contributed by atoms with Gasteiger partial charge in [-0.25, -0.2) is 4.98 Å². The first-order valence-electron chi connectivity index (χ1n) is 9.17. The fraction of sp³-hybridized carbons (Fsp3) is 0.429. The van der Waals surface area contributed by atoms with Crippen LogP contribution in [-0.2, 0) is 6.54 Å². The Morgan fingerprint density at radius 2 is 1.85 bits per heavy atom. The molecule has 0 bridgehead atoms. The molecule has 0 atom stereocenters. The standard InChI is InChI=1S/C21H30N4O/c1-17(2)25(16-18-9-6-5-7-10-18)21(26)19-11-12-20(23-15-19)22-13-8-14-24(3)4/h5-7,9-12,15,17H,8,13-14,16H2,1-4H3,(H,22,23). The highest BCUT2D eigenvalue weighted by Gasteiger charge is 2.19. The molecule has 0 aliphatic rings. The van der Waals surface area contributed by atoms with Crippen LogP contribution in [0.4, 0.5) is 5.82 Å². The number of nitrogens with one attached hydrogen (secondary N) is 1. The summed E-state index contributed by atoms with van der Waals surface area (Å²) < 4.78 is 0. The van der Waals surface area contributed by atoms with Gasteiger partial charge in [0.2, 0.25) is 0 Å². The van der Waals surface area contributed by atoms with E-state index >= 15 is 0 Å². The highest BCUT2D eigenvalue weighted by atomic mass is 16.2. The van der Waals surface area contributed by atoms with Gasteiger partial charge in [-0.2, -0.15) is 0 Å². The van der Waals surface area contributed by atoms with Gasteiger partial charge in [0.05, 0.1) is 5.56 Å². The van der Waals surface area contributed by atoms with Crippen LogP contribution >= 0.6 is 0 Å². The summed E-state index contributed by atoms with van der Waals surface area (Å²) in [5.41, 5.74) is 1.75. The third kappa shape index (κ3) is 6.15. The van der Waals surface area contributed by atoms with Gasteiger partial charge in [-0.15, -0.1) is 0 Å². The van der Waals surface area contributed by atoms with Crippen molar-refractivity contribution < 1.29 is 4.79 Å². The van der Waals surface area contributed by atoms with Gasteiger partial charge in [0.1, 0.15) is 5.82 Å². The van der Waals surface area contributed by atoms with Gasteiger partial charge in [0.25, 0.3) is 5.91 Å². The van der Waals surface area contributed by atoms with E-state index in [9.17, 15) is 4.79 Å². The number of amides is 1. The first-order chi connectivity index (χ1) is 12.5. The molecular formula is C21H30N4O. The number of hydrogen-bond donors (Lipinski definition) is 1. The molecule has 0 saturated carbocycles. The van der Waals surface area contributed by atoms with Gasteiger partial charge in [-0.1, -0.05) is 30.3 Å². The molecule has 1 aromatic heterocycles. The van der Waals surface area contributed by atoms with E-state index in [2.05, 4.69) is 29.3 Å². The molecule has 0 aliphatic heterocycles. The average Bonchev–Trinajstić information content (AvgIpc) is 2.64. The van der Waals surface area contributed by atoms with Crippen molar-refractivity contribution >= 4 is 11.7 Å². The summed E-state index contributed by atoms with van der Waals surface area (Å²) in [5, 5.41) is 3.30. The van der Waals surface area contributed by atoms with Gasteiger partial charge in [0.15, 0.2) is 0 Å². The second-order valence-corrected chi connectivity index (χ2v) is 7.03. The van der Waals surface area contributed by atoms with E-state index in [4.69, 9.17) is 0 Å². The maximum atomic E-state index is 12.9. The van der Waals surface area contributed by atoms with Crippen LogP contribution in [0.5, 0.6) is 0 Å². The Morgan fingerprint density at radius 1 is 1.12 bits per heavy atom. The van der Waals surface area contributed by atoms with Crippen LogP contribution in [0.2, 0.25) is 0 Å². The van der Waals surface area contributed by atoms with Crippen molar-refractivity contribution in [1.82, 2.24) is 14.8 Å². The van der Waals surface area contributed by atoms with Crippen LogP contribution in [-0.4, -0.2) is 53.9 Å². The summed E-state index contributed by atoms with van der Waals surface area (Å²) in [6.07, 6.45) is 2.71. The normalized spacial score (nSPS) is 11.0. The molecule has 1 heterocycles. The van der Waals surface area contributed by atoms with Crippen LogP contribution in [0.3, 0.4) is 0 Å². The van der Waals surface area contributed by atoms with Crippen molar-refractivity contribution in [3.8, 4) is 0 Å². The minimum Gasteiger partial charge on any atom is -0.370 e. The molecule has 1 amide bonds. The van der Waals surface area contributed by atoms with Gasteiger partial charge < -0.3 is 15.1 Å². The number of hydrogen-bond acceptors (Lipinski definition) is 4. The van der Waals surface area contributed by atoms with E-state index in [0.717, 1.165) is 30.9 Å². The second kappa shape index (κ2) is 9.92. The summed E-state index contributed by atoms with van der Waals surface area (Å²) >= 11 is 0. The van der Waals surface area contributed by atoms with Crippen LogP contribution < -0.4 is 5.32 Å². The Morgan fingerprint density at radius 3 is 2.42 bits per heavy atom. The fourth-order valence-corrected chi connectivity index (χ4v) is 2.67. The van der Waals surface area contributed by atoms with E-state index in [0.29, 0.717) is 12.1 Å². The largest absolute Gasteiger partial charge is 0.370 e. The third-order valence-corrected chi connectivity index (χ3v) is 4.18. The molecule has 0 spiro atoms. The first-order valence-corrected chi connectivity index (χ1v) is 9.17. The van der Waals surface area contributed by atoms with Crippen molar-refractivity contribution in [1.29, 1.82) is 0 Å². The number of carbonyl (C=O) groups excluding carboxylic acids is 1. The lowest BCUT2D eigenvalue weighted by Crippen LogP contribution is -2.36. The number of aromatic nitrogens is 1. The molecule has 1 N–H and O–H groups in total. The minimum atomic E-state index is 0.00973. The molecule has 2 rings (SSSR count). The minimum absolute atomic E-state index is 0.00973. The third-order valence-electron chi connectivity index (χ3n) is 4.18. The van der Waals surface area contributed by atoms with Crippen molar-refractivity contribution in [3.05, 3.63) is 59.8 Å². The molecule has 140 valence electrons. The van der Waals surface area contributed by atoms with Gasteiger partial charge in [-0.05, 0) is 58.6 Å². The highest BCUT2D eigenvalue weighted by Crippen LogP contribution is 2.14.